The maximum Gasteiger partial charge on any atom is 0.337 e. The molecule has 0 aliphatic carbocycles. The predicted octanol–water partition coefficient (Wildman–Crippen LogP) is 2.36. The van der Waals surface area contributed by atoms with Gasteiger partial charge < -0.3 is 15.4 Å². The molecule has 7 heteroatoms. The zero-order valence-electron chi connectivity index (χ0n) is 12.4. The lowest BCUT2D eigenvalue weighted by Gasteiger charge is -2.10. The third-order valence-electron chi connectivity index (χ3n) is 3.60. The number of hydrogen-bond donors (Lipinski definition) is 2. The lowest BCUT2D eigenvalue weighted by Crippen LogP contribution is -2.16. The highest BCUT2D eigenvalue weighted by molar-refractivity contribution is 5.94. The number of hydrogen-bond acceptors (Lipinski definition) is 4. The quantitative estimate of drug-likeness (QED) is 0.813. The Labute approximate surface area is 135 Å². The van der Waals surface area contributed by atoms with Crippen molar-refractivity contribution in [1.29, 1.82) is 0 Å². The van der Waals surface area contributed by atoms with Gasteiger partial charge in [0.2, 0.25) is 5.91 Å². The largest absolute Gasteiger partial charge is 0.465 e. The number of methoxy groups -OCH3 is 1. The minimum Gasteiger partial charge on any atom is -0.465 e. The smallest absolute Gasteiger partial charge is 0.337 e. The summed E-state index contributed by atoms with van der Waals surface area (Å²) in [7, 11) is 1.25. The lowest BCUT2D eigenvalue weighted by molar-refractivity contribution is -0.116. The summed E-state index contributed by atoms with van der Waals surface area (Å²) in [6.45, 7) is 1.92. The first kappa shape index (κ1) is 18.4. The van der Waals surface area contributed by atoms with Gasteiger partial charge in [-0.05, 0) is 50.0 Å². The lowest BCUT2D eigenvalue weighted by atomic mass is 10.0. The maximum absolute atomic E-state index is 13.7. The fourth-order valence-corrected chi connectivity index (χ4v) is 2.37. The number of carbonyl (C=O) groups is 2. The van der Waals surface area contributed by atoms with Crippen LogP contribution in [0.3, 0.4) is 0 Å². The van der Waals surface area contributed by atoms with Crippen molar-refractivity contribution in [2.75, 3.05) is 25.5 Å². The van der Waals surface area contributed by atoms with Gasteiger partial charge in [0.05, 0.1) is 18.4 Å². The summed E-state index contributed by atoms with van der Waals surface area (Å²) in [5.74, 6) is -0.883. The molecule has 1 atom stereocenters. The van der Waals surface area contributed by atoms with Gasteiger partial charge in [-0.2, -0.15) is 0 Å². The van der Waals surface area contributed by atoms with Crippen molar-refractivity contribution in [3.05, 3.63) is 29.6 Å². The molecule has 5 nitrogen and oxygen atoms in total. The number of esters is 1. The number of ether oxygens (including phenoxy) is 1. The Hall–Kier alpha value is -1.66. The molecule has 1 aromatic rings. The third-order valence-corrected chi connectivity index (χ3v) is 3.60. The van der Waals surface area contributed by atoms with Gasteiger partial charge in [0.25, 0.3) is 0 Å². The fraction of sp³-hybridized carbons (Fsp3) is 0.467. The number of nitrogens with one attached hydrogen (secondary N) is 2. The number of carbonyl (C=O) groups excluding carboxylic acids is 2. The minimum absolute atomic E-state index is 0. The van der Waals surface area contributed by atoms with E-state index < -0.39 is 11.8 Å². The first-order valence-electron chi connectivity index (χ1n) is 6.98. The van der Waals surface area contributed by atoms with E-state index in [0.717, 1.165) is 32.0 Å². The molecule has 122 valence electrons. The Bertz CT molecular complexity index is 534. The SMILES string of the molecule is COC(=O)c1ccc(F)c(NC(=O)CCC2CCNC2)c1.Cl. The second-order valence-electron chi connectivity index (χ2n) is 5.13. The zero-order chi connectivity index (χ0) is 15.2. The molecule has 0 bridgehead atoms. The van der Waals surface area contributed by atoms with E-state index in [4.69, 9.17) is 0 Å². The first-order chi connectivity index (χ1) is 10.1. The van der Waals surface area contributed by atoms with E-state index in [0.29, 0.717) is 12.3 Å². The van der Waals surface area contributed by atoms with Crippen molar-refractivity contribution < 1.29 is 18.7 Å². The molecule has 1 aromatic carbocycles. The summed E-state index contributed by atoms with van der Waals surface area (Å²) in [4.78, 5) is 23.3. The van der Waals surface area contributed by atoms with Crippen LogP contribution in [-0.2, 0) is 9.53 Å². The Balaban J connectivity index is 0.00000242. The van der Waals surface area contributed by atoms with Gasteiger partial charge in [-0.3, -0.25) is 4.79 Å². The van der Waals surface area contributed by atoms with Gasteiger partial charge in [0, 0.05) is 6.42 Å². The molecule has 2 N–H and O–H groups in total. The molecule has 0 spiro atoms. The minimum atomic E-state index is -0.571. The average Bonchev–Trinajstić information content (AvgIpc) is 3.00. The summed E-state index contributed by atoms with van der Waals surface area (Å²) in [6.07, 6.45) is 2.19. The van der Waals surface area contributed by atoms with Gasteiger partial charge in [-0.15, -0.1) is 12.4 Å². The normalized spacial score (nSPS) is 16.7. The zero-order valence-corrected chi connectivity index (χ0v) is 13.2. The standard InChI is InChI=1S/C15H19FN2O3.ClH/c1-21-15(20)11-3-4-12(16)13(8-11)18-14(19)5-2-10-6-7-17-9-10;/h3-4,8,10,17H,2,5-7,9H2,1H3,(H,18,19);1H. The molecule has 1 saturated heterocycles. The van der Waals surface area contributed by atoms with Crippen molar-refractivity contribution >= 4 is 30.0 Å². The van der Waals surface area contributed by atoms with Gasteiger partial charge >= 0.3 is 5.97 Å². The van der Waals surface area contributed by atoms with Crippen LogP contribution in [0.25, 0.3) is 0 Å². The highest BCUT2D eigenvalue weighted by Gasteiger charge is 2.17. The Morgan fingerprint density at radius 1 is 1.45 bits per heavy atom. The maximum atomic E-state index is 13.7. The van der Waals surface area contributed by atoms with Crippen molar-refractivity contribution in [2.45, 2.75) is 19.3 Å². The molecule has 22 heavy (non-hydrogen) atoms. The number of halogens is 2. The summed E-state index contributed by atoms with van der Waals surface area (Å²) in [5.41, 5.74) is 0.210. The van der Waals surface area contributed by atoms with Crippen LogP contribution in [0.15, 0.2) is 18.2 Å². The molecular weight excluding hydrogens is 311 g/mol. The average molecular weight is 331 g/mol. The third kappa shape index (κ3) is 4.96. The van der Waals surface area contributed by atoms with Gasteiger partial charge in [0.1, 0.15) is 5.82 Å². The molecular formula is C15H20ClFN2O3. The first-order valence-corrected chi connectivity index (χ1v) is 6.98. The van der Waals surface area contributed by atoms with Crippen molar-refractivity contribution in [3.63, 3.8) is 0 Å². The van der Waals surface area contributed by atoms with Gasteiger partial charge in [0.15, 0.2) is 0 Å². The topological polar surface area (TPSA) is 67.4 Å². The van der Waals surface area contributed by atoms with Crippen molar-refractivity contribution in [2.24, 2.45) is 5.92 Å². The van der Waals surface area contributed by atoms with Crippen LogP contribution in [-0.4, -0.2) is 32.1 Å². The fourth-order valence-electron chi connectivity index (χ4n) is 2.37. The monoisotopic (exact) mass is 330 g/mol. The molecule has 1 aliphatic rings. The molecule has 0 aromatic heterocycles. The summed E-state index contributed by atoms with van der Waals surface area (Å²) in [5, 5.41) is 5.75. The van der Waals surface area contributed by atoms with Gasteiger partial charge in [-0.1, -0.05) is 0 Å². The molecule has 1 aliphatic heterocycles. The summed E-state index contributed by atoms with van der Waals surface area (Å²) < 4.78 is 18.2. The van der Waals surface area contributed by atoms with Crippen LogP contribution in [0.2, 0.25) is 0 Å². The number of rotatable bonds is 5. The Morgan fingerprint density at radius 3 is 2.86 bits per heavy atom. The van der Waals surface area contributed by atoms with Crippen molar-refractivity contribution in [3.8, 4) is 0 Å². The molecule has 1 unspecified atom stereocenters. The van der Waals surface area contributed by atoms with E-state index in [-0.39, 0.29) is 29.6 Å². The second kappa shape index (κ2) is 8.70. The van der Waals surface area contributed by atoms with Crippen molar-refractivity contribution in [1.82, 2.24) is 5.32 Å². The van der Waals surface area contributed by atoms with E-state index in [1.807, 2.05) is 0 Å². The van der Waals surface area contributed by atoms with E-state index in [1.54, 1.807) is 0 Å². The number of amides is 1. The van der Waals surface area contributed by atoms with E-state index >= 15 is 0 Å². The van der Waals surface area contributed by atoms with Crippen LogP contribution in [0.5, 0.6) is 0 Å². The van der Waals surface area contributed by atoms with Gasteiger partial charge in [-0.25, -0.2) is 9.18 Å². The van der Waals surface area contributed by atoms with Crippen LogP contribution in [0.4, 0.5) is 10.1 Å². The molecule has 1 heterocycles. The highest BCUT2D eigenvalue weighted by atomic mass is 35.5. The second-order valence-corrected chi connectivity index (χ2v) is 5.13. The van der Waals surface area contributed by atoms with Crippen LogP contribution < -0.4 is 10.6 Å². The molecule has 1 amide bonds. The van der Waals surface area contributed by atoms with E-state index in [9.17, 15) is 14.0 Å². The predicted molar refractivity (Wildman–Crippen MR) is 83.8 cm³/mol. The van der Waals surface area contributed by atoms with Crippen LogP contribution in [0.1, 0.15) is 29.6 Å². The Morgan fingerprint density at radius 2 is 2.23 bits per heavy atom. The molecule has 0 saturated carbocycles. The summed E-state index contributed by atoms with van der Waals surface area (Å²) >= 11 is 0. The Kier molecular flexibility index (Phi) is 7.27. The van der Waals surface area contributed by atoms with Crippen LogP contribution in [0, 0.1) is 11.7 Å². The molecule has 2 rings (SSSR count). The van der Waals surface area contributed by atoms with E-state index in [2.05, 4.69) is 15.4 Å². The van der Waals surface area contributed by atoms with Crippen LogP contribution >= 0.6 is 12.4 Å². The molecule has 0 radical (unpaired) electrons. The van der Waals surface area contributed by atoms with E-state index in [1.165, 1.54) is 19.2 Å². The summed E-state index contributed by atoms with van der Waals surface area (Å²) in [6, 6.07) is 3.75. The number of benzene rings is 1. The highest BCUT2D eigenvalue weighted by Crippen LogP contribution is 2.19. The molecule has 1 fully saturated rings. The number of anilines is 1.